The molecule has 0 saturated heterocycles. The first-order valence-electron chi connectivity index (χ1n) is 5.73. The minimum atomic E-state index is -0.759. The summed E-state index contributed by atoms with van der Waals surface area (Å²) in [6, 6.07) is 5.46. The second-order valence-corrected chi connectivity index (χ2v) is 5.51. The van der Waals surface area contributed by atoms with E-state index in [2.05, 4.69) is 15.9 Å². The highest BCUT2D eigenvalue weighted by Gasteiger charge is 2.45. The third kappa shape index (κ3) is 3.16. The Morgan fingerprint density at radius 1 is 1.50 bits per heavy atom. The first-order valence-corrected chi connectivity index (χ1v) is 6.52. The molecule has 0 aromatic heterocycles. The summed E-state index contributed by atoms with van der Waals surface area (Å²) in [6.45, 7) is 0.449. The second-order valence-electron chi connectivity index (χ2n) is 4.66. The summed E-state index contributed by atoms with van der Waals surface area (Å²) < 4.78 is 11.6. The molecule has 4 nitrogen and oxygen atoms in total. The minimum Gasteiger partial charge on any atom is -0.497 e. The summed E-state index contributed by atoms with van der Waals surface area (Å²) >= 11 is 3.41. The van der Waals surface area contributed by atoms with E-state index < -0.39 is 5.97 Å². The van der Waals surface area contributed by atoms with Crippen molar-refractivity contribution in [3.05, 3.63) is 22.7 Å². The maximum Gasteiger partial charge on any atom is 0.304 e. The van der Waals surface area contributed by atoms with Crippen LogP contribution in [0, 0.1) is 5.41 Å². The van der Waals surface area contributed by atoms with Crippen molar-refractivity contribution in [3.8, 4) is 11.5 Å². The molecular formula is C13H15BrO4. The summed E-state index contributed by atoms with van der Waals surface area (Å²) in [6.07, 6.45) is 2.03. The monoisotopic (exact) mass is 314 g/mol. The van der Waals surface area contributed by atoms with E-state index in [4.69, 9.17) is 14.6 Å². The van der Waals surface area contributed by atoms with Crippen molar-refractivity contribution in [1.29, 1.82) is 0 Å². The first-order chi connectivity index (χ1) is 8.54. The number of benzene rings is 1. The number of carboxylic acid groups (broad SMARTS) is 1. The lowest BCUT2D eigenvalue weighted by Crippen LogP contribution is -2.17. The number of methoxy groups -OCH3 is 1. The fourth-order valence-corrected chi connectivity index (χ4v) is 2.30. The lowest BCUT2D eigenvalue weighted by atomic mass is 10.0. The van der Waals surface area contributed by atoms with Gasteiger partial charge in [-0.25, -0.2) is 0 Å². The van der Waals surface area contributed by atoms with Gasteiger partial charge in [0.2, 0.25) is 0 Å². The average Bonchev–Trinajstić information content (AvgIpc) is 3.06. The maximum absolute atomic E-state index is 10.7. The van der Waals surface area contributed by atoms with Crippen LogP contribution in [-0.2, 0) is 4.79 Å². The summed E-state index contributed by atoms with van der Waals surface area (Å²) in [4.78, 5) is 10.7. The van der Waals surface area contributed by atoms with Gasteiger partial charge >= 0.3 is 5.97 Å². The van der Waals surface area contributed by atoms with Gasteiger partial charge in [-0.1, -0.05) is 0 Å². The number of halogens is 1. The van der Waals surface area contributed by atoms with Crippen LogP contribution >= 0.6 is 15.9 Å². The lowest BCUT2D eigenvalue weighted by Gasteiger charge is -2.15. The lowest BCUT2D eigenvalue weighted by molar-refractivity contribution is -0.138. The molecule has 1 saturated carbocycles. The van der Waals surface area contributed by atoms with Gasteiger partial charge in [0.25, 0.3) is 0 Å². The van der Waals surface area contributed by atoms with Crippen LogP contribution in [-0.4, -0.2) is 24.8 Å². The summed E-state index contributed by atoms with van der Waals surface area (Å²) in [5.41, 5.74) is -0.162. The SMILES string of the molecule is COc1ccc(OCC2(CC(=O)O)CC2)c(Br)c1. The molecule has 18 heavy (non-hydrogen) atoms. The van der Waals surface area contributed by atoms with Gasteiger partial charge in [0.1, 0.15) is 11.5 Å². The topological polar surface area (TPSA) is 55.8 Å². The van der Waals surface area contributed by atoms with Crippen molar-refractivity contribution in [2.75, 3.05) is 13.7 Å². The second kappa shape index (κ2) is 5.18. The van der Waals surface area contributed by atoms with E-state index >= 15 is 0 Å². The maximum atomic E-state index is 10.7. The number of carbonyl (C=O) groups is 1. The van der Waals surface area contributed by atoms with Crippen molar-refractivity contribution >= 4 is 21.9 Å². The highest BCUT2D eigenvalue weighted by molar-refractivity contribution is 9.10. The molecule has 0 bridgehead atoms. The molecule has 98 valence electrons. The van der Waals surface area contributed by atoms with E-state index in [0.29, 0.717) is 12.4 Å². The first kappa shape index (κ1) is 13.2. The third-order valence-electron chi connectivity index (χ3n) is 3.16. The van der Waals surface area contributed by atoms with Crippen molar-refractivity contribution < 1.29 is 19.4 Å². The fourth-order valence-electron chi connectivity index (χ4n) is 1.83. The Bertz CT molecular complexity index is 454. The summed E-state index contributed by atoms with van der Waals surface area (Å²) in [7, 11) is 1.61. The van der Waals surface area contributed by atoms with Gasteiger partial charge in [0.15, 0.2) is 0 Å². The molecule has 1 N–H and O–H groups in total. The summed E-state index contributed by atoms with van der Waals surface area (Å²) in [5, 5.41) is 8.83. The smallest absolute Gasteiger partial charge is 0.304 e. The Kier molecular flexibility index (Phi) is 3.80. The molecule has 0 unspecified atom stereocenters. The standard InChI is InChI=1S/C13H15BrO4/c1-17-9-2-3-11(10(14)6-9)18-8-13(4-5-13)7-12(15)16/h2-3,6H,4-5,7-8H2,1H3,(H,15,16). The summed E-state index contributed by atoms with van der Waals surface area (Å²) in [5.74, 6) is 0.707. The molecular weight excluding hydrogens is 300 g/mol. The molecule has 2 rings (SSSR count). The Morgan fingerprint density at radius 2 is 2.22 bits per heavy atom. The quantitative estimate of drug-likeness (QED) is 0.876. The van der Waals surface area contributed by atoms with Crippen LogP contribution in [0.2, 0.25) is 0 Å². The van der Waals surface area contributed by atoms with Gasteiger partial charge in [0, 0.05) is 5.41 Å². The van der Waals surface area contributed by atoms with Crippen molar-refractivity contribution in [2.45, 2.75) is 19.3 Å². The molecule has 1 fully saturated rings. The Balaban J connectivity index is 1.96. The highest BCUT2D eigenvalue weighted by atomic mass is 79.9. The predicted octanol–water partition coefficient (Wildman–Crippen LogP) is 3.09. The molecule has 0 amide bonds. The van der Waals surface area contributed by atoms with E-state index in [1.54, 1.807) is 7.11 Å². The van der Waals surface area contributed by atoms with Gasteiger partial charge < -0.3 is 14.6 Å². The van der Waals surface area contributed by atoms with Crippen LogP contribution < -0.4 is 9.47 Å². The molecule has 5 heteroatoms. The van der Waals surface area contributed by atoms with Gasteiger partial charge in [0.05, 0.1) is 24.6 Å². The number of hydrogen-bond donors (Lipinski definition) is 1. The van der Waals surface area contributed by atoms with Gasteiger partial charge in [-0.15, -0.1) is 0 Å². The number of hydrogen-bond acceptors (Lipinski definition) is 3. The molecule has 1 aromatic carbocycles. The van der Waals surface area contributed by atoms with Gasteiger partial charge in [-0.05, 0) is 47.0 Å². The van der Waals surface area contributed by atoms with E-state index in [0.717, 1.165) is 23.1 Å². The Labute approximate surface area is 114 Å². The van der Waals surface area contributed by atoms with Crippen LogP contribution in [0.3, 0.4) is 0 Å². The third-order valence-corrected chi connectivity index (χ3v) is 3.78. The zero-order chi connectivity index (χ0) is 13.2. The largest absolute Gasteiger partial charge is 0.497 e. The van der Waals surface area contributed by atoms with E-state index in [1.807, 2.05) is 18.2 Å². The zero-order valence-corrected chi connectivity index (χ0v) is 11.7. The molecule has 0 atom stereocenters. The molecule has 1 aliphatic rings. The van der Waals surface area contributed by atoms with Gasteiger partial charge in [-0.2, -0.15) is 0 Å². The normalized spacial score (nSPS) is 16.1. The number of ether oxygens (including phenoxy) is 2. The van der Waals surface area contributed by atoms with Crippen LogP contribution in [0.4, 0.5) is 0 Å². The number of carboxylic acids is 1. The predicted molar refractivity (Wildman–Crippen MR) is 70.1 cm³/mol. The molecule has 0 radical (unpaired) electrons. The van der Waals surface area contributed by atoms with Crippen LogP contribution in [0.25, 0.3) is 0 Å². The van der Waals surface area contributed by atoms with Crippen LogP contribution in [0.15, 0.2) is 22.7 Å². The number of aliphatic carboxylic acids is 1. The fraction of sp³-hybridized carbons (Fsp3) is 0.462. The Hall–Kier alpha value is -1.23. The molecule has 0 aliphatic heterocycles. The van der Waals surface area contributed by atoms with E-state index in [-0.39, 0.29) is 11.8 Å². The van der Waals surface area contributed by atoms with Crippen molar-refractivity contribution in [3.63, 3.8) is 0 Å². The van der Waals surface area contributed by atoms with Crippen LogP contribution in [0.1, 0.15) is 19.3 Å². The molecule has 1 aliphatic carbocycles. The Morgan fingerprint density at radius 3 is 2.72 bits per heavy atom. The van der Waals surface area contributed by atoms with E-state index in [9.17, 15) is 4.79 Å². The minimum absolute atomic E-state index is 0.162. The number of rotatable bonds is 6. The molecule has 1 aromatic rings. The van der Waals surface area contributed by atoms with Crippen molar-refractivity contribution in [1.82, 2.24) is 0 Å². The van der Waals surface area contributed by atoms with Crippen molar-refractivity contribution in [2.24, 2.45) is 5.41 Å². The molecule has 0 spiro atoms. The highest BCUT2D eigenvalue weighted by Crippen LogP contribution is 2.49. The molecule has 0 heterocycles. The van der Waals surface area contributed by atoms with E-state index in [1.165, 1.54) is 0 Å². The average molecular weight is 315 g/mol. The van der Waals surface area contributed by atoms with Crippen LogP contribution in [0.5, 0.6) is 11.5 Å². The zero-order valence-electron chi connectivity index (χ0n) is 10.1. The van der Waals surface area contributed by atoms with Gasteiger partial charge in [-0.3, -0.25) is 4.79 Å².